The van der Waals surface area contributed by atoms with Crippen molar-refractivity contribution in [1.29, 1.82) is 0 Å². The van der Waals surface area contributed by atoms with Crippen molar-refractivity contribution >= 4 is 17.8 Å². The lowest BCUT2D eigenvalue weighted by Crippen LogP contribution is -2.37. The van der Waals surface area contributed by atoms with Gasteiger partial charge in [0.05, 0.1) is 12.5 Å². The van der Waals surface area contributed by atoms with Gasteiger partial charge in [-0.2, -0.15) is 0 Å². The van der Waals surface area contributed by atoms with Crippen molar-refractivity contribution in [1.82, 2.24) is 4.98 Å². The van der Waals surface area contributed by atoms with Gasteiger partial charge in [0.1, 0.15) is 11.4 Å². The molecule has 0 bridgehead atoms. The Morgan fingerprint density at radius 1 is 1.23 bits per heavy atom. The summed E-state index contributed by atoms with van der Waals surface area (Å²) in [5, 5.41) is 0. The molecule has 1 aromatic rings. The summed E-state index contributed by atoms with van der Waals surface area (Å²) < 4.78 is 10.4. The number of ether oxygens (including phenoxy) is 2. The molecule has 0 N–H and O–H groups in total. The van der Waals surface area contributed by atoms with Crippen molar-refractivity contribution in [3.05, 3.63) is 23.9 Å². The molecule has 2 rings (SSSR count). The number of pyridine rings is 1. The number of aromatic nitrogens is 1. The van der Waals surface area contributed by atoms with Crippen molar-refractivity contribution in [2.24, 2.45) is 5.92 Å². The van der Waals surface area contributed by atoms with Gasteiger partial charge in [-0.25, -0.2) is 4.98 Å². The van der Waals surface area contributed by atoms with E-state index in [0.717, 1.165) is 37.3 Å². The second-order valence-electron chi connectivity index (χ2n) is 7.62. The number of anilines is 1. The van der Waals surface area contributed by atoms with E-state index >= 15 is 0 Å². The highest BCUT2D eigenvalue weighted by atomic mass is 16.6. The number of hydrogen-bond donors (Lipinski definition) is 0. The standard InChI is InChI=1S/C20H30N2O4/c1-5-25-19(24)16-10-12-22(13-11-16)17-8-6-15(14-21-17)7-9-18(23)26-20(2,3)4/h6,8,14,16H,5,7,9-13H2,1-4H3. The number of nitrogens with zero attached hydrogens (tertiary/aromatic N) is 2. The number of hydrogen-bond acceptors (Lipinski definition) is 6. The maximum atomic E-state index is 11.8. The van der Waals surface area contributed by atoms with Crippen molar-refractivity contribution in [3.63, 3.8) is 0 Å². The molecule has 0 saturated carbocycles. The van der Waals surface area contributed by atoms with Crippen LogP contribution in [0.25, 0.3) is 0 Å². The molecule has 6 heteroatoms. The van der Waals surface area contributed by atoms with Gasteiger partial charge in [-0.1, -0.05) is 6.07 Å². The molecule has 6 nitrogen and oxygen atoms in total. The van der Waals surface area contributed by atoms with Gasteiger partial charge in [0.15, 0.2) is 0 Å². The first kappa shape index (κ1) is 20.2. The van der Waals surface area contributed by atoms with Crippen LogP contribution in [-0.4, -0.2) is 42.2 Å². The highest BCUT2D eigenvalue weighted by Crippen LogP contribution is 2.23. The maximum absolute atomic E-state index is 11.8. The quantitative estimate of drug-likeness (QED) is 0.724. The van der Waals surface area contributed by atoms with E-state index in [9.17, 15) is 9.59 Å². The van der Waals surface area contributed by atoms with Gasteiger partial charge >= 0.3 is 11.9 Å². The van der Waals surface area contributed by atoms with Crippen LogP contribution in [0.3, 0.4) is 0 Å². The van der Waals surface area contributed by atoms with Gasteiger partial charge in [0.25, 0.3) is 0 Å². The minimum atomic E-state index is -0.450. The predicted molar refractivity (Wildman–Crippen MR) is 100.0 cm³/mol. The summed E-state index contributed by atoms with van der Waals surface area (Å²) in [5.74, 6) is 0.632. The summed E-state index contributed by atoms with van der Waals surface area (Å²) in [5.41, 5.74) is 0.565. The van der Waals surface area contributed by atoms with Crippen LogP contribution < -0.4 is 4.90 Å². The van der Waals surface area contributed by atoms with Crippen LogP contribution in [0.15, 0.2) is 18.3 Å². The fourth-order valence-electron chi connectivity index (χ4n) is 2.99. The molecule has 0 radical (unpaired) electrons. The van der Waals surface area contributed by atoms with Gasteiger partial charge in [-0.15, -0.1) is 0 Å². The summed E-state index contributed by atoms with van der Waals surface area (Å²) in [6.07, 6.45) is 4.37. The van der Waals surface area contributed by atoms with E-state index in [0.29, 0.717) is 19.4 Å². The third kappa shape index (κ3) is 6.32. The van der Waals surface area contributed by atoms with Crippen LogP contribution in [0, 0.1) is 5.92 Å². The Morgan fingerprint density at radius 2 is 1.92 bits per heavy atom. The topological polar surface area (TPSA) is 68.7 Å². The van der Waals surface area contributed by atoms with E-state index in [1.807, 2.05) is 46.0 Å². The molecule has 1 aromatic heterocycles. The molecule has 144 valence electrons. The Balaban J connectivity index is 1.81. The summed E-state index contributed by atoms with van der Waals surface area (Å²) in [4.78, 5) is 30.3. The first-order chi connectivity index (χ1) is 12.3. The largest absolute Gasteiger partial charge is 0.466 e. The number of esters is 2. The van der Waals surface area contributed by atoms with Crippen LogP contribution in [0.2, 0.25) is 0 Å². The molecule has 1 aliphatic heterocycles. The normalized spacial score (nSPS) is 15.6. The molecule has 0 unspecified atom stereocenters. The van der Waals surface area contributed by atoms with Crippen molar-refractivity contribution in [3.8, 4) is 0 Å². The lowest BCUT2D eigenvalue weighted by molar-refractivity contribution is -0.154. The molecule has 0 aliphatic carbocycles. The molecule has 26 heavy (non-hydrogen) atoms. The zero-order valence-electron chi connectivity index (χ0n) is 16.3. The first-order valence-electron chi connectivity index (χ1n) is 9.37. The van der Waals surface area contributed by atoms with Gasteiger partial charge in [-0.05, 0) is 58.6 Å². The highest BCUT2D eigenvalue weighted by molar-refractivity contribution is 5.72. The molecular weight excluding hydrogens is 332 g/mol. The Hall–Kier alpha value is -2.11. The second-order valence-corrected chi connectivity index (χ2v) is 7.62. The fraction of sp³-hybridized carbons (Fsp3) is 0.650. The average molecular weight is 362 g/mol. The average Bonchev–Trinajstić information content (AvgIpc) is 2.59. The van der Waals surface area contributed by atoms with E-state index in [-0.39, 0.29) is 17.9 Å². The fourth-order valence-corrected chi connectivity index (χ4v) is 2.99. The minimum absolute atomic E-state index is 0.000646. The van der Waals surface area contributed by atoms with Crippen LogP contribution in [0.1, 0.15) is 52.5 Å². The summed E-state index contributed by atoms with van der Waals surface area (Å²) in [6, 6.07) is 3.99. The van der Waals surface area contributed by atoms with Crippen molar-refractivity contribution < 1.29 is 19.1 Å². The van der Waals surface area contributed by atoms with Crippen molar-refractivity contribution in [2.45, 2.75) is 59.0 Å². The van der Waals surface area contributed by atoms with E-state index < -0.39 is 5.60 Å². The molecule has 1 aliphatic rings. The number of piperidine rings is 1. The molecule has 0 aromatic carbocycles. The molecule has 1 fully saturated rings. The van der Waals surface area contributed by atoms with Crippen LogP contribution in [0.4, 0.5) is 5.82 Å². The van der Waals surface area contributed by atoms with Gasteiger partial charge in [0.2, 0.25) is 0 Å². The zero-order valence-corrected chi connectivity index (χ0v) is 16.3. The zero-order chi connectivity index (χ0) is 19.2. The first-order valence-corrected chi connectivity index (χ1v) is 9.37. The molecule has 2 heterocycles. The SMILES string of the molecule is CCOC(=O)C1CCN(c2ccc(CCC(=O)OC(C)(C)C)cn2)CC1. The second kappa shape index (κ2) is 9.01. The number of carbonyl (C=O) groups excluding carboxylic acids is 2. The Bertz CT molecular complexity index is 599. The van der Waals surface area contributed by atoms with E-state index in [4.69, 9.17) is 9.47 Å². The molecule has 1 saturated heterocycles. The van der Waals surface area contributed by atoms with E-state index in [2.05, 4.69) is 9.88 Å². The smallest absolute Gasteiger partial charge is 0.309 e. The minimum Gasteiger partial charge on any atom is -0.466 e. The number of aryl methyl sites for hydroxylation is 1. The third-order valence-corrected chi connectivity index (χ3v) is 4.29. The summed E-state index contributed by atoms with van der Waals surface area (Å²) in [7, 11) is 0. The highest BCUT2D eigenvalue weighted by Gasteiger charge is 2.26. The Morgan fingerprint density at radius 3 is 2.46 bits per heavy atom. The van der Waals surface area contributed by atoms with Crippen LogP contribution >= 0.6 is 0 Å². The molecule has 0 spiro atoms. The van der Waals surface area contributed by atoms with Gasteiger partial charge in [0, 0.05) is 25.7 Å². The Labute approximate surface area is 155 Å². The number of carbonyl (C=O) groups is 2. The monoisotopic (exact) mass is 362 g/mol. The lowest BCUT2D eigenvalue weighted by Gasteiger charge is -2.31. The third-order valence-electron chi connectivity index (χ3n) is 4.29. The molecule has 0 atom stereocenters. The predicted octanol–water partition coefficient (Wildman–Crippen LogP) is 3.14. The number of rotatable bonds is 6. The van der Waals surface area contributed by atoms with Crippen LogP contribution in [0.5, 0.6) is 0 Å². The van der Waals surface area contributed by atoms with Gasteiger partial charge < -0.3 is 14.4 Å². The molecule has 0 amide bonds. The van der Waals surface area contributed by atoms with Crippen LogP contribution in [-0.2, 0) is 25.5 Å². The lowest BCUT2D eigenvalue weighted by atomic mass is 9.97. The van der Waals surface area contributed by atoms with Gasteiger partial charge in [-0.3, -0.25) is 9.59 Å². The summed E-state index contributed by atoms with van der Waals surface area (Å²) >= 11 is 0. The van der Waals surface area contributed by atoms with E-state index in [1.54, 1.807) is 0 Å². The summed E-state index contributed by atoms with van der Waals surface area (Å²) in [6.45, 7) is 9.47. The maximum Gasteiger partial charge on any atom is 0.309 e. The van der Waals surface area contributed by atoms with Crippen molar-refractivity contribution in [2.75, 3.05) is 24.6 Å². The Kier molecular flexibility index (Phi) is 7.00. The van der Waals surface area contributed by atoms with E-state index in [1.165, 1.54) is 0 Å². The molecular formula is C20H30N2O4.